The summed E-state index contributed by atoms with van der Waals surface area (Å²) in [5, 5.41) is 17.3. The summed E-state index contributed by atoms with van der Waals surface area (Å²) in [7, 11) is 0. The summed E-state index contributed by atoms with van der Waals surface area (Å²) in [4.78, 5) is 0. The van der Waals surface area contributed by atoms with Gasteiger partial charge in [0.2, 0.25) is 11.8 Å². The number of hydrogen-bond acceptors (Lipinski definition) is 6. The Hall–Kier alpha value is -3.92. The van der Waals surface area contributed by atoms with Crippen LogP contribution in [0.15, 0.2) is 60.0 Å². The average Bonchev–Trinajstić information content (AvgIpc) is 3.18. The molecular formula is C24H24N4O3. The van der Waals surface area contributed by atoms with Crippen molar-refractivity contribution in [3.8, 4) is 34.7 Å². The molecule has 158 valence electrons. The summed E-state index contributed by atoms with van der Waals surface area (Å²) in [6.07, 6.45) is 0.00325. The highest BCUT2D eigenvalue weighted by atomic mass is 16.5. The van der Waals surface area contributed by atoms with Crippen molar-refractivity contribution >= 4 is 0 Å². The van der Waals surface area contributed by atoms with Gasteiger partial charge in [-0.25, -0.2) is 0 Å². The van der Waals surface area contributed by atoms with Gasteiger partial charge in [-0.2, -0.15) is 5.26 Å². The third-order valence-electron chi connectivity index (χ3n) is 4.96. The van der Waals surface area contributed by atoms with Gasteiger partial charge in [0.1, 0.15) is 11.6 Å². The van der Waals surface area contributed by atoms with Gasteiger partial charge in [0.05, 0.1) is 29.9 Å². The highest BCUT2D eigenvalue weighted by molar-refractivity contribution is 5.71. The van der Waals surface area contributed by atoms with Gasteiger partial charge in [-0.3, -0.25) is 5.10 Å². The molecule has 3 aromatic rings. The number of allylic oxidation sites excluding steroid dienone is 1. The number of nitriles is 1. The van der Waals surface area contributed by atoms with E-state index >= 15 is 0 Å². The molecule has 4 rings (SSSR count). The minimum atomic E-state index is -0.463. The lowest BCUT2D eigenvalue weighted by Gasteiger charge is -2.25. The number of aromatic nitrogens is 2. The van der Waals surface area contributed by atoms with Gasteiger partial charge < -0.3 is 19.9 Å². The van der Waals surface area contributed by atoms with Crippen molar-refractivity contribution in [3.63, 3.8) is 0 Å². The molecule has 1 atom stereocenters. The maximum Gasteiger partial charge on any atom is 0.244 e. The van der Waals surface area contributed by atoms with Crippen molar-refractivity contribution in [1.82, 2.24) is 10.2 Å². The molecule has 0 bridgehead atoms. The zero-order chi connectivity index (χ0) is 22.0. The molecule has 3 N–H and O–H groups in total. The molecule has 0 saturated heterocycles. The minimum Gasteiger partial charge on any atom is -0.490 e. The maximum atomic E-state index is 9.91. The van der Waals surface area contributed by atoms with Crippen LogP contribution in [0.25, 0.3) is 11.3 Å². The second kappa shape index (κ2) is 8.44. The van der Waals surface area contributed by atoms with E-state index in [9.17, 15) is 5.26 Å². The fourth-order valence-corrected chi connectivity index (χ4v) is 3.73. The van der Waals surface area contributed by atoms with Gasteiger partial charge >= 0.3 is 0 Å². The van der Waals surface area contributed by atoms with Crippen LogP contribution >= 0.6 is 0 Å². The molecule has 0 aliphatic carbocycles. The number of fused-ring (bicyclic) bond motifs is 1. The highest BCUT2D eigenvalue weighted by Gasteiger charge is 2.36. The normalized spacial score (nSPS) is 15.3. The first kappa shape index (κ1) is 20.4. The molecule has 1 aliphatic rings. The number of nitrogens with two attached hydrogens (primary N) is 1. The van der Waals surface area contributed by atoms with Crippen LogP contribution in [0.4, 0.5) is 0 Å². The first-order valence-corrected chi connectivity index (χ1v) is 10.2. The van der Waals surface area contributed by atoms with Crippen molar-refractivity contribution in [2.75, 3.05) is 6.61 Å². The molecule has 0 amide bonds. The van der Waals surface area contributed by atoms with E-state index in [-0.39, 0.29) is 12.0 Å². The van der Waals surface area contributed by atoms with E-state index in [1.165, 1.54) is 0 Å². The van der Waals surface area contributed by atoms with Crippen LogP contribution in [0.1, 0.15) is 37.8 Å². The van der Waals surface area contributed by atoms with Crippen molar-refractivity contribution in [2.45, 2.75) is 32.8 Å². The van der Waals surface area contributed by atoms with E-state index in [0.29, 0.717) is 29.6 Å². The van der Waals surface area contributed by atoms with Gasteiger partial charge in [-0.15, -0.1) is 5.10 Å². The topological polar surface area (TPSA) is 106 Å². The van der Waals surface area contributed by atoms with Crippen LogP contribution in [0.3, 0.4) is 0 Å². The van der Waals surface area contributed by atoms with Crippen molar-refractivity contribution in [1.29, 1.82) is 5.26 Å². The summed E-state index contributed by atoms with van der Waals surface area (Å²) in [6, 6.07) is 17.7. The van der Waals surface area contributed by atoms with Crippen molar-refractivity contribution < 1.29 is 14.2 Å². The van der Waals surface area contributed by atoms with E-state index in [1.807, 2.05) is 69.3 Å². The maximum absolute atomic E-state index is 9.91. The third-order valence-corrected chi connectivity index (χ3v) is 4.96. The van der Waals surface area contributed by atoms with Gasteiger partial charge in [0.25, 0.3) is 0 Å². The molecule has 7 heteroatoms. The van der Waals surface area contributed by atoms with Crippen molar-refractivity contribution in [3.05, 3.63) is 71.1 Å². The number of aromatic amines is 1. The van der Waals surface area contributed by atoms with Crippen LogP contribution in [0.5, 0.6) is 17.4 Å². The summed E-state index contributed by atoms with van der Waals surface area (Å²) < 4.78 is 17.4. The highest BCUT2D eigenvalue weighted by Crippen LogP contribution is 2.47. The zero-order valence-electron chi connectivity index (χ0n) is 17.7. The second-order valence-electron chi connectivity index (χ2n) is 7.41. The fourth-order valence-electron chi connectivity index (χ4n) is 3.73. The molecule has 7 nitrogen and oxygen atoms in total. The number of ether oxygens (including phenoxy) is 3. The summed E-state index contributed by atoms with van der Waals surface area (Å²) >= 11 is 0. The van der Waals surface area contributed by atoms with Gasteiger partial charge in [-0.05, 0) is 44.0 Å². The lowest BCUT2D eigenvalue weighted by atomic mass is 9.83. The van der Waals surface area contributed by atoms with E-state index in [4.69, 9.17) is 19.9 Å². The average molecular weight is 416 g/mol. The Balaban J connectivity index is 1.89. The van der Waals surface area contributed by atoms with Gasteiger partial charge in [-0.1, -0.05) is 36.4 Å². The Kier molecular flexibility index (Phi) is 5.54. The SMILES string of the molecule is CCOc1cc(C2C(C#N)=C(N)Oc3n[nH]c(-c4ccccc4)c32)ccc1OC(C)C. The quantitative estimate of drug-likeness (QED) is 0.614. The zero-order valence-corrected chi connectivity index (χ0v) is 17.7. The fraction of sp³-hybridized carbons (Fsp3) is 0.250. The monoisotopic (exact) mass is 416 g/mol. The predicted octanol–water partition coefficient (Wildman–Crippen LogP) is 4.48. The lowest BCUT2D eigenvalue weighted by molar-refractivity contribution is 0.223. The van der Waals surface area contributed by atoms with Crippen LogP contribution in [0, 0.1) is 11.3 Å². The molecule has 2 aromatic carbocycles. The van der Waals surface area contributed by atoms with E-state index in [0.717, 1.165) is 22.4 Å². The van der Waals surface area contributed by atoms with Gasteiger partial charge in [0.15, 0.2) is 11.5 Å². The Labute approximate surface area is 181 Å². The molecule has 1 aliphatic heterocycles. The number of hydrogen-bond donors (Lipinski definition) is 2. The minimum absolute atomic E-state index is 0.00325. The number of H-pyrrole nitrogens is 1. The molecule has 2 heterocycles. The van der Waals surface area contributed by atoms with Crippen molar-refractivity contribution in [2.24, 2.45) is 5.73 Å². The standard InChI is InChI=1S/C24H24N4O3/c1-4-29-19-12-16(10-11-18(19)30-14(2)3)20-17(13-25)23(26)31-24-21(20)22(27-28-24)15-8-6-5-7-9-15/h5-12,14,20H,4,26H2,1-3H3,(H,27,28). The number of nitrogens with zero attached hydrogens (tertiary/aromatic N) is 2. The summed E-state index contributed by atoms with van der Waals surface area (Å²) in [6.45, 7) is 6.33. The smallest absolute Gasteiger partial charge is 0.244 e. The third kappa shape index (κ3) is 3.80. The van der Waals surface area contributed by atoms with Crippen LogP contribution in [-0.2, 0) is 0 Å². The van der Waals surface area contributed by atoms with Crippen LogP contribution in [-0.4, -0.2) is 22.9 Å². The largest absolute Gasteiger partial charge is 0.490 e. The molecule has 31 heavy (non-hydrogen) atoms. The van der Waals surface area contributed by atoms with Gasteiger partial charge in [0, 0.05) is 0 Å². The molecule has 0 saturated carbocycles. The molecule has 0 spiro atoms. The Morgan fingerprint density at radius 3 is 2.65 bits per heavy atom. The molecule has 0 radical (unpaired) electrons. The molecular weight excluding hydrogens is 392 g/mol. The van der Waals surface area contributed by atoms with Crippen LogP contribution < -0.4 is 19.9 Å². The Morgan fingerprint density at radius 2 is 1.97 bits per heavy atom. The predicted molar refractivity (Wildman–Crippen MR) is 117 cm³/mol. The van der Waals surface area contributed by atoms with E-state index in [1.54, 1.807) is 0 Å². The Morgan fingerprint density at radius 1 is 1.19 bits per heavy atom. The summed E-state index contributed by atoms with van der Waals surface area (Å²) in [5.41, 5.74) is 9.74. The number of benzene rings is 2. The lowest BCUT2D eigenvalue weighted by Crippen LogP contribution is -2.21. The summed E-state index contributed by atoms with van der Waals surface area (Å²) in [5.74, 6) is 1.21. The second-order valence-corrected chi connectivity index (χ2v) is 7.41. The molecule has 0 fully saturated rings. The number of rotatable bonds is 6. The molecule has 1 aromatic heterocycles. The Bertz CT molecular complexity index is 1160. The first-order chi connectivity index (χ1) is 15.0. The van der Waals surface area contributed by atoms with E-state index < -0.39 is 5.92 Å². The van der Waals surface area contributed by atoms with E-state index in [2.05, 4.69) is 16.3 Å². The number of nitrogens with one attached hydrogen (secondary N) is 1. The van der Waals surface area contributed by atoms with Crippen LogP contribution in [0.2, 0.25) is 0 Å². The first-order valence-electron chi connectivity index (χ1n) is 10.2. The molecule has 1 unspecified atom stereocenters.